The molecule has 1 nitrogen and oxygen atoms in total. The number of benzene rings is 2. The molecule has 2 rings (SSSR count). The smallest absolute Gasteiger partial charge is 0.134 e. The van der Waals surface area contributed by atoms with Gasteiger partial charge in [0.25, 0.3) is 0 Å². The van der Waals surface area contributed by atoms with Crippen molar-refractivity contribution in [1.82, 2.24) is 0 Å². The van der Waals surface area contributed by atoms with E-state index in [9.17, 15) is 4.79 Å². The van der Waals surface area contributed by atoms with Crippen LogP contribution in [0.3, 0.4) is 0 Å². The highest BCUT2D eigenvalue weighted by molar-refractivity contribution is 5.78. The molecule has 0 aliphatic heterocycles. The molecule has 0 heterocycles. The van der Waals surface area contributed by atoms with E-state index < -0.39 is 0 Å². The van der Waals surface area contributed by atoms with Gasteiger partial charge in [0.05, 0.1) is 0 Å². The summed E-state index contributed by atoms with van der Waals surface area (Å²) in [6.07, 6.45) is 6.84. The van der Waals surface area contributed by atoms with Crippen LogP contribution in [0.5, 0.6) is 0 Å². The normalized spacial score (nSPS) is 9.07. The van der Waals surface area contributed by atoms with E-state index in [-0.39, 0.29) is 5.78 Å². The molecule has 0 saturated carbocycles. The minimum absolute atomic E-state index is 0.222. The monoisotopic (exact) mass is 410 g/mol. The minimum Gasteiger partial charge on any atom is -0.300 e. The Kier molecular flexibility index (Phi) is 20.2. The fourth-order valence-corrected chi connectivity index (χ4v) is 2.54. The Labute approximate surface area is 187 Å². The zero-order valence-electron chi connectivity index (χ0n) is 21.0. The highest BCUT2D eigenvalue weighted by Crippen LogP contribution is 2.06. The highest BCUT2D eigenvalue weighted by atomic mass is 16.1. The van der Waals surface area contributed by atoms with Crippen molar-refractivity contribution in [3.8, 4) is 0 Å². The van der Waals surface area contributed by atoms with Gasteiger partial charge in [-0.2, -0.15) is 0 Å². The number of hydrogen-bond acceptors (Lipinski definition) is 1. The quantitative estimate of drug-likeness (QED) is 0.435. The number of unbranched alkanes of at least 4 members (excludes halogenated alkanes) is 2. The van der Waals surface area contributed by atoms with Crippen LogP contribution in [-0.2, 0) is 24.1 Å². The van der Waals surface area contributed by atoms with Crippen molar-refractivity contribution in [2.75, 3.05) is 0 Å². The summed E-state index contributed by atoms with van der Waals surface area (Å²) in [6.45, 7) is 20.0. The van der Waals surface area contributed by atoms with Gasteiger partial charge in [-0.05, 0) is 62.8 Å². The molecule has 0 unspecified atom stereocenters. The Morgan fingerprint density at radius 1 is 0.767 bits per heavy atom. The Bertz CT molecular complexity index is 674. The Morgan fingerprint density at radius 2 is 1.23 bits per heavy atom. The summed E-state index contributed by atoms with van der Waals surface area (Å²) in [6, 6.07) is 16.7. The third-order valence-corrected chi connectivity index (χ3v) is 4.23. The zero-order chi connectivity index (χ0) is 23.4. The van der Waals surface area contributed by atoms with Crippen LogP contribution in [0.4, 0.5) is 0 Å². The standard InChI is InChI=1S/C11H14O.C9H12.C5H12.C4H8/c1-3-10-4-6-11(7-5-10)8-9(2)12;1-3-9-7-5-4-6-8(9)2;1-3-5-4-2;1-4(2)3/h4-7H,3,8H2,1-2H3;4-7H,3H2,1-2H3;3-5H2,1-2H3;1H2,2-3H3. The van der Waals surface area contributed by atoms with Gasteiger partial charge in [-0.15, -0.1) is 6.58 Å². The van der Waals surface area contributed by atoms with Gasteiger partial charge >= 0.3 is 0 Å². The molecule has 0 spiro atoms. The third kappa shape index (κ3) is 19.2. The number of aryl methyl sites for hydroxylation is 3. The molecule has 2 aromatic rings. The molecule has 0 bridgehead atoms. The molecule has 0 aromatic heterocycles. The van der Waals surface area contributed by atoms with Crippen molar-refractivity contribution in [1.29, 1.82) is 0 Å². The first-order chi connectivity index (χ1) is 14.2. The molecular formula is C29H46O. The third-order valence-electron chi connectivity index (χ3n) is 4.23. The number of allylic oxidation sites excluding steroid dienone is 1. The number of Topliss-reactive ketones (excluding diaryl/α,β-unsaturated/α-hetero) is 1. The van der Waals surface area contributed by atoms with Crippen molar-refractivity contribution in [2.45, 2.75) is 93.9 Å². The molecule has 30 heavy (non-hydrogen) atoms. The lowest BCUT2D eigenvalue weighted by molar-refractivity contribution is -0.116. The lowest BCUT2D eigenvalue weighted by atomic mass is 10.1. The van der Waals surface area contributed by atoms with Crippen molar-refractivity contribution in [3.05, 3.63) is 82.9 Å². The maximum atomic E-state index is 10.8. The van der Waals surface area contributed by atoms with E-state index in [2.05, 4.69) is 77.6 Å². The molecule has 168 valence electrons. The summed E-state index contributed by atoms with van der Waals surface area (Å²) in [7, 11) is 0. The molecule has 0 fully saturated rings. The number of hydrogen-bond donors (Lipinski definition) is 0. The van der Waals surface area contributed by atoms with Crippen molar-refractivity contribution < 1.29 is 4.79 Å². The Hall–Kier alpha value is -2.15. The van der Waals surface area contributed by atoms with Crippen LogP contribution < -0.4 is 0 Å². The molecule has 0 atom stereocenters. The average molecular weight is 411 g/mol. The Morgan fingerprint density at radius 3 is 1.53 bits per heavy atom. The molecule has 0 N–H and O–H groups in total. The second-order valence-corrected chi connectivity index (χ2v) is 7.89. The van der Waals surface area contributed by atoms with Gasteiger partial charge in [0, 0.05) is 6.42 Å². The first kappa shape index (κ1) is 30.0. The van der Waals surface area contributed by atoms with Gasteiger partial charge in [-0.3, -0.25) is 4.79 Å². The van der Waals surface area contributed by atoms with Crippen molar-refractivity contribution >= 4 is 5.78 Å². The van der Waals surface area contributed by atoms with Crippen molar-refractivity contribution in [3.63, 3.8) is 0 Å². The van der Waals surface area contributed by atoms with Crippen LogP contribution >= 0.6 is 0 Å². The van der Waals surface area contributed by atoms with Gasteiger partial charge < -0.3 is 0 Å². The molecular weight excluding hydrogens is 364 g/mol. The molecule has 0 aliphatic rings. The SMILES string of the molecule is C=C(C)C.CCCCC.CCc1ccc(CC(C)=O)cc1.CCc1ccccc1C. The summed E-state index contributed by atoms with van der Waals surface area (Å²) >= 11 is 0. The van der Waals surface area contributed by atoms with Gasteiger partial charge in [-0.1, -0.05) is 101 Å². The van der Waals surface area contributed by atoms with E-state index in [0.29, 0.717) is 6.42 Å². The molecule has 1 heteroatoms. The molecule has 2 aromatic carbocycles. The summed E-state index contributed by atoms with van der Waals surface area (Å²) < 4.78 is 0. The predicted molar refractivity (Wildman–Crippen MR) is 136 cm³/mol. The molecule has 0 saturated heterocycles. The maximum absolute atomic E-state index is 10.8. The molecule has 0 amide bonds. The number of ketones is 1. The summed E-state index contributed by atoms with van der Waals surface area (Å²) in [5.74, 6) is 0.222. The van der Waals surface area contributed by atoms with E-state index in [1.807, 2.05) is 26.0 Å². The maximum Gasteiger partial charge on any atom is 0.134 e. The highest BCUT2D eigenvalue weighted by Gasteiger charge is 1.96. The predicted octanol–water partition coefficient (Wildman–Crippen LogP) is 8.72. The summed E-state index contributed by atoms with van der Waals surface area (Å²) in [5, 5.41) is 0. The van der Waals surface area contributed by atoms with Gasteiger partial charge in [0.1, 0.15) is 5.78 Å². The minimum atomic E-state index is 0.222. The Balaban J connectivity index is 0. The van der Waals surface area contributed by atoms with E-state index in [0.717, 1.165) is 18.4 Å². The topological polar surface area (TPSA) is 17.1 Å². The van der Waals surface area contributed by atoms with Crippen LogP contribution in [0.15, 0.2) is 60.7 Å². The summed E-state index contributed by atoms with van der Waals surface area (Å²) in [5.41, 5.74) is 6.46. The number of rotatable bonds is 6. The fraction of sp³-hybridized carbons (Fsp3) is 0.483. The number of carbonyl (C=O) groups is 1. The lowest BCUT2D eigenvalue weighted by Gasteiger charge is -1.99. The van der Waals surface area contributed by atoms with Gasteiger partial charge in [-0.25, -0.2) is 0 Å². The van der Waals surface area contributed by atoms with Crippen LogP contribution in [0.2, 0.25) is 0 Å². The van der Waals surface area contributed by atoms with Gasteiger partial charge in [0.2, 0.25) is 0 Å². The summed E-state index contributed by atoms with van der Waals surface area (Å²) in [4.78, 5) is 10.8. The van der Waals surface area contributed by atoms with Gasteiger partial charge in [0.15, 0.2) is 0 Å². The van der Waals surface area contributed by atoms with Crippen LogP contribution in [-0.4, -0.2) is 5.78 Å². The lowest BCUT2D eigenvalue weighted by Crippen LogP contribution is -1.95. The number of carbonyl (C=O) groups excluding carboxylic acids is 1. The first-order valence-electron chi connectivity index (χ1n) is 11.4. The van der Waals surface area contributed by atoms with Crippen LogP contribution in [0, 0.1) is 6.92 Å². The van der Waals surface area contributed by atoms with Crippen molar-refractivity contribution in [2.24, 2.45) is 0 Å². The second-order valence-electron chi connectivity index (χ2n) is 7.89. The van der Waals surface area contributed by atoms with E-state index in [1.54, 1.807) is 6.92 Å². The second kappa shape index (κ2) is 20.1. The molecule has 0 aliphatic carbocycles. The van der Waals surface area contributed by atoms with Crippen LogP contribution in [0.1, 0.15) is 90.0 Å². The first-order valence-corrected chi connectivity index (χ1v) is 11.4. The largest absolute Gasteiger partial charge is 0.300 e. The fourth-order valence-electron chi connectivity index (χ4n) is 2.54. The zero-order valence-corrected chi connectivity index (χ0v) is 21.0. The molecule has 0 radical (unpaired) electrons. The van der Waals surface area contributed by atoms with E-state index >= 15 is 0 Å². The van der Waals surface area contributed by atoms with E-state index in [4.69, 9.17) is 0 Å². The average Bonchev–Trinajstić information content (AvgIpc) is 2.70. The van der Waals surface area contributed by atoms with E-state index in [1.165, 1.54) is 41.5 Å². The van der Waals surface area contributed by atoms with Crippen LogP contribution in [0.25, 0.3) is 0 Å².